The number of carbonyl (C=O) groups is 2. The van der Waals surface area contributed by atoms with Gasteiger partial charge >= 0.3 is 6.18 Å². The van der Waals surface area contributed by atoms with E-state index >= 15 is 0 Å². The third-order valence-corrected chi connectivity index (χ3v) is 3.37. The summed E-state index contributed by atoms with van der Waals surface area (Å²) >= 11 is 0. The minimum absolute atomic E-state index is 0.0959. The van der Waals surface area contributed by atoms with Crippen molar-refractivity contribution in [2.75, 3.05) is 11.4 Å². The molecular weight excluding hydrogens is 271 g/mol. The van der Waals surface area contributed by atoms with Gasteiger partial charge in [-0.3, -0.25) is 9.59 Å². The number of aryl methyl sites for hydroxylation is 2. The van der Waals surface area contributed by atoms with Crippen molar-refractivity contribution in [2.24, 2.45) is 0 Å². The molecule has 0 saturated heterocycles. The van der Waals surface area contributed by atoms with Crippen LogP contribution in [0.25, 0.3) is 0 Å². The summed E-state index contributed by atoms with van der Waals surface area (Å²) in [5.41, 5.74) is 2.17. The Morgan fingerprint density at radius 2 is 1.70 bits per heavy atom. The van der Waals surface area contributed by atoms with Gasteiger partial charge in [0.1, 0.15) is 0 Å². The van der Waals surface area contributed by atoms with Crippen molar-refractivity contribution in [1.29, 1.82) is 0 Å². The Kier molecular flexibility index (Phi) is 3.58. The Hall–Kier alpha value is -1.85. The van der Waals surface area contributed by atoms with Gasteiger partial charge in [-0.2, -0.15) is 13.2 Å². The number of fused-ring (bicyclic) bond motifs is 1. The maximum Gasteiger partial charge on any atom is 0.389 e. The summed E-state index contributed by atoms with van der Waals surface area (Å²) in [7, 11) is 0. The second kappa shape index (κ2) is 4.92. The number of hydrogen-bond donors (Lipinski definition) is 0. The molecule has 0 N–H and O–H groups in total. The molecule has 6 heteroatoms. The molecule has 0 aromatic heterocycles. The van der Waals surface area contributed by atoms with Crippen LogP contribution in [0, 0.1) is 13.8 Å². The van der Waals surface area contributed by atoms with Gasteiger partial charge in [0.2, 0.25) is 0 Å². The molecule has 0 unspecified atom stereocenters. The van der Waals surface area contributed by atoms with Crippen molar-refractivity contribution in [1.82, 2.24) is 0 Å². The van der Waals surface area contributed by atoms with E-state index < -0.39 is 24.3 Å². The van der Waals surface area contributed by atoms with Crippen molar-refractivity contribution in [3.05, 3.63) is 28.8 Å². The lowest BCUT2D eigenvalue weighted by atomic mass is 10.0. The summed E-state index contributed by atoms with van der Waals surface area (Å²) in [5.74, 6) is -1.37. The normalized spacial score (nSPS) is 14.9. The monoisotopic (exact) mass is 285 g/mol. The molecule has 0 bridgehead atoms. The number of halogens is 3. The smallest absolute Gasteiger partial charge is 0.304 e. The zero-order chi connectivity index (χ0) is 15.1. The predicted molar refractivity (Wildman–Crippen MR) is 67.9 cm³/mol. The first kappa shape index (κ1) is 14.6. The Balaban J connectivity index is 2.27. The lowest BCUT2D eigenvalue weighted by Crippen LogP contribution is -2.31. The lowest BCUT2D eigenvalue weighted by molar-refractivity contribution is -0.135. The van der Waals surface area contributed by atoms with Crippen LogP contribution in [-0.4, -0.2) is 24.4 Å². The van der Waals surface area contributed by atoms with Crippen molar-refractivity contribution in [3.63, 3.8) is 0 Å². The van der Waals surface area contributed by atoms with Gasteiger partial charge in [0, 0.05) is 13.0 Å². The van der Waals surface area contributed by atoms with Gasteiger partial charge in [-0.15, -0.1) is 0 Å². The molecule has 1 aliphatic rings. The largest absolute Gasteiger partial charge is 0.389 e. The van der Waals surface area contributed by atoms with E-state index in [9.17, 15) is 22.8 Å². The van der Waals surface area contributed by atoms with Gasteiger partial charge < -0.3 is 4.90 Å². The van der Waals surface area contributed by atoms with Gasteiger partial charge in [-0.05, 0) is 31.4 Å². The zero-order valence-electron chi connectivity index (χ0n) is 11.2. The molecule has 0 atom stereocenters. The Morgan fingerprint density at radius 3 is 2.30 bits per heavy atom. The number of Topliss-reactive ketones (excluding diaryl/α,β-unsaturated/α-hetero) is 1. The average Bonchev–Trinajstić information content (AvgIpc) is 2.58. The number of amides is 1. The second-order valence-electron chi connectivity index (χ2n) is 4.93. The first-order chi connectivity index (χ1) is 9.22. The number of rotatable bonds is 3. The summed E-state index contributed by atoms with van der Waals surface area (Å²) in [6.45, 7) is 3.35. The van der Waals surface area contributed by atoms with Crippen molar-refractivity contribution < 1.29 is 22.8 Å². The average molecular weight is 285 g/mol. The molecule has 0 fully saturated rings. The maximum atomic E-state index is 12.2. The molecule has 3 nitrogen and oxygen atoms in total. The second-order valence-corrected chi connectivity index (χ2v) is 4.93. The molecule has 1 aromatic carbocycles. The summed E-state index contributed by atoms with van der Waals surface area (Å²) in [6.07, 6.45) is -5.43. The highest BCUT2D eigenvalue weighted by Crippen LogP contribution is 2.35. The summed E-state index contributed by atoms with van der Waals surface area (Å²) in [4.78, 5) is 25.0. The quantitative estimate of drug-likeness (QED) is 0.800. The molecule has 0 radical (unpaired) electrons. The predicted octanol–water partition coefficient (Wildman–Crippen LogP) is 3.18. The maximum absolute atomic E-state index is 12.2. The van der Waals surface area contributed by atoms with E-state index in [0.717, 1.165) is 5.56 Å². The molecule has 1 heterocycles. The molecule has 20 heavy (non-hydrogen) atoms. The minimum Gasteiger partial charge on any atom is -0.304 e. The number of carbonyl (C=O) groups excluding carboxylic acids is 2. The summed E-state index contributed by atoms with van der Waals surface area (Å²) in [5, 5.41) is 0. The van der Waals surface area contributed by atoms with Crippen molar-refractivity contribution in [3.8, 4) is 0 Å². The Labute approximate surface area is 114 Å². The van der Waals surface area contributed by atoms with E-state index in [0.29, 0.717) is 16.8 Å². The topological polar surface area (TPSA) is 37.4 Å². The molecule has 1 amide bonds. The van der Waals surface area contributed by atoms with E-state index in [4.69, 9.17) is 0 Å². The lowest BCUT2D eigenvalue weighted by Gasteiger charge is -2.19. The molecule has 2 rings (SSSR count). The third kappa shape index (κ3) is 2.55. The summed E-state index contributed by atoms with van der Waals surface area (Å²) in [6, 6.07) is 3.50. The van der Waals surface area contributed by atoms with E-state index in [-0.39, 0.29) is 13.0 Å². The standard InChI is InChI=1S/C14H14F3NO2/c1-8-4-5-9(2)11-10(8)12(19)13(20)18(11)7-3-6-14(15,16)17/h4-5H,3,6-7H2,1-2H3. The van der Waals surface area contributed by atoms with Crippen LogP contribution >= 0.6 is 0 Å². The van der Waals surface area contributed by atoms with Gasteiger partial charge in [-0.25, -0.2) is 0 Å². The Bertz CT molecular complexity index is 579. The fourth-order valence-corrected chi connectivity index (χ4v) is 2.41. The van der Waals surface area contributed by atoms with Gasteiger partial charge in [0.15, 0.2) is 0 Å². The van der Waals surface area contributed by atoms with E-state index in [1.54, 1.807) is 26.0 Å². The first-order valence-electron chi connectivity index (χ1n) is 6.25. The van der Waals surface area contributed by atoms with Crippen LogP contribution in [0.2, 0.25) is 0 Å². The highest BCUT2D eigenvalue weighted by atomic mass is 19.4. The highest BCUT2D eigenvalue weighted by molar-refractivity contribution is 6.52. The molecule has 0 saturated carbocycles. The van der Waals surface area contributed by atoms with Crippen LogP contribution in [0.4, 0.5) is 18.9 Å². The summed E-state index contributed by atoms with van der Waals surface area (Å²) < 4.78 is 36.5. The van der Waals surface area contributed by atoms with Crippen LogP contribution < -0.4 is 4.90 Å². The van der Waals surface area contributed by atoms with Crippen LogP contribution in [0.15, 0.2) is 12.1 Å². The number of nitrogens with zero attached hydrogens (tertiary/aromatic N) is 1. The SMILES string of the molecule is Cc1ccc(C)c2c1C(=O)C(=O)N2CCCC(F)(F)F. The molecular formula is C14H14F3NO2. The third-order valence-electron chi connectivity index (χ3n) is 3.37. The van der Waals surface area contributed by atoms with E-state index in [1.807, 2.05) is 0 Å². The van der Waals surface area contributed by atoms with Crippen LogP contribution in [0.3, 0.4) is 0 Å². The number of anilines is 1. The number of benzene rings is 1. The fourth-order valence-electron chi connectivity index (χ4n) is 2.41. The van der Waals surface area contributed by atoms with Crippen molar-refractivity contribution >= 4 is 17.4 Å². The number of ketones is 1. The van der Waals surface area contributed by atoms with E-state index in [2.05, 4.69) is 0 Å². The highest BCUT2D eigenvalue weighted by Gasteiger charge is 2.38. The van der Waals surface area contributed by atoms with Crippen LogP contribution in [0.1, 0.15) is 34.3 Å². The minimum atomic E-state index is -4.25. The fraction of sp³-hybridized carbons (Fsp3) is 0.429. The van der Waals surface area contributed by atoms with Gasteiger partial charge in [-0.1, -0.05) is 12.1 Å². The zero-order valence-corrected chi connectivity index (χ0v) is 11.2. The van der Waals surface area contributed by atoms with Crippen molar-refractivity contribution in [2.45, 2.75) is 32.9 Å². The number of hydrogen-bond acceptors (Lipinski definition) is 2. The van der Waals surface area contributed by atoms with E-state index in [1.165, 1.54) is 4.90 Å². The van der Waals surface area contributed by atoms with Gasteiger partial charge in [0.25, 0.3) is 11.7 Å². The molecule has 108 valence electrons. The van der Waals surface area contributed by atoms with Crippen LogP contribution in [0.5, 0.6) is 0 Å². The molecule has 0 spiro atoms. The van der Waals surface area contributed by atoms with Gasteiger partial charge in [0.05, 0.1) is 11.3 Å². The Morgan fingerprint density at radius 1 is 1.10 bits per heavy atom. The first-order valence-corrected chi connectivity index (χ1v) is 6.25. The molecule has 1 aliphatic heterocycles. The molecule has 0 aliphatic carbocycles. The van der Waals surface area contributed by atoms with Crippen LogP contribution in [-0.2, 0) is 4.79 Å². The number of alkyl halides is 3. The molecule has 1 aromatic rings.